The Morgan fingerprint density at radius 1 is 1.03 bits per heavy atom. The van der Waals surface area contributed by atoms with Gasteiger partial charge in [-0.1, -0.05) is 41.9 Å². The summed E-state index contributed by atoms with van der Waals surface area (Å²) in [5.74, 6) is 0.564. The summed E-state index contributed by atoms with van der Waals surface area (Å²) in [5.41, 5.74) is 2.74. The molecule has 0 radical (unpaired) electrons. The smallest absolute Gasteiger partial charge is 0.274 e. The predicted molar refractivity (Wildman–Crippen MR) is 114 cm³/mol. The van der Waals surface area contributed by atoms with Crippen LogP contribution in [0, 0.1) is 0 Å². The van der Waals surface area contributed by atoms with E-state index in [2.05, 4.69) is 9.97 Å². The van der Waals surface area contributed by atoms with Crippen molar-refractivity contribution in [3.63, 3.8) is 0 Å². The van der Waals surface area contributed by atoms with Crippen LogP contribution in [0.5, 0.6) is 0 Å². The highest BCUT2D eigenvalue weighted by Crippen LogP contribution is 2.28. The van der Waals surface area contributed by atoms with Crippen LogP contribution in [0.2, 0.25) is 5.02 Å². The quantitative estimate of drug-likeness (QED) is 0.544. The molecule has 0 bridgehead atoms. The van der Waals surface area contributed by atoms with Gasteiger partial charge in [-0.2, -0.15) is 0 Å². The van der Waals surface area contributed by atoms with Gasteiger partial charge in [0.25, 0.3) is 11.5 Å². The fourth-order valence-corrected chi connectivity index (χ4v) is 4.25. The molecular formula is C22H19ClN4O2. The number of rotatable bonds is 2. The van der Waals surface area contributed by atoms with Gasteiger partial charge in [0.05, 0.1) is 27.8 Å². The van der Waals surface area contributed by atoms with Crippen LogP contribution in [0.4, 0.5) is 0 Å². The molecule has 0 unspecified atom stereocenters. The van der Waals surface area contributed by atoms with Crippen molar-refractivity contribution in [2.24, 2.45) is 0 Å². The number of imidazole rings is 1. The molecule has 0 spiro atoms. The highest BCUT2D eigenvalue weighted by Gasteiger charge is 2.22. The zero-order valence-corrected chi connectivity index (χ0v) is 16.4. The van der Waals surface area contributed by atoms with Crippen molar-refractivity contribution in [1.29, 1.82) is 0 Å². The van der Waals surface area contributed by atoms with E-state index in [1.165, 1.54) is 0 Å². The molecule has 0 saturated carbocycles. The lowest BCUT2D eigenvalue weighted by Crippen LogP contribution is -2.35. The number of likely N-dealkylation sites (tertiary alicyclic amines) is 1. The molecule has 2 aromatic heterocycles. The molecule has 29 heavy (non-hydrogen) atoms. The highest BCUT2D eigenvalue weighted by molar-refractivity contribution is 6.34. The molecule has 3 heterocycles. The van der Waals surface area contributed by atoms with Crippen LogP contribution in [-0.2, 0) is 0 Å². The molecule has 1 amide bonds. The fourth-order valence-electron chi connectivity index (χ4n) is 4.01. The van der Waals surface area contributed by atoms with E-state index in [4.69, 9.17) is 11.6 Å². The third kappa shape index (κ3) is 3.00. The Bertz CT molecular complexity index is 1290. The maximum Gasteiger partial charge on any atom is 0.274 e. The summed E-state index contributed by atoms with van der Waals surface area (Å²) in [6.07, 6.45) is 4.71. The Labute approximate surface area is 171 Å². The Hall–Kier alpha value is -3.12. The van der Waals surface area contributed by atoms with Gasteiger partial charge >= 0.3 is 0 Å². The molecule has 1 fully saturated rings. The van der Waals surface area contributed by atoms with E-state index in [-0.39, 0.29) is 11.5 Å². The van der Waals surface area contributed by atoms with Crippen molar-refractivity contribution in [3.8, 4) is 11.4 Å². The zero-order valence-electron chi connectivity index (χ0n) is 15.7. The number of aromatic amines is 1. The number of carbonyl (C=O) groups excluding carboxylic acids is 1. The Balaban J connectivity index is 1.72. The second-order valence-corrected chi connectivity index (χ2v) is 7.73. The molecule has 0 atom stereocenters. The van der Waals surface area contributed by atoms with Crippen LogP contribution in [0.25, 0.3) is 27.9 Å². The Kier molecular flexibility index (Phi) is 4.36. The van der Waals surface area contributed by atoms with Crippen LogP contribution in [0.1, 0.15) is 29.6 Å². The molecule has 146 valence electrons. The summed E-state index contributed by atoms with van der Waals surface area (Å²) in [6.45, 7) is 1.48. The molecule has 1 aliphatic rings. The van der Waals surface area contributed by atoms with Crippen molar-refractivity contribution >= 4 is 34.1 Å². The second-order valence-electron chi connectivity index (χ2n) is 7.32. The molecule has 1 aliphatic heterocycles. The molecule has 1 saturated heterocycles. The standard InChI is InChI=1S/C22H19ClN4O2/c23-16-12-18-17(11-15(16)22(29)26-9-5-2-6-10-26)25-21(28)19-13-24-20(27(18)19)14-7-3-1-4-8-14/h1,3-4,7-8,11-13H,2,5-6,9-10H2,(H,25,28). The SMILES string of the molecule is O=C(c1cc2[nH]c(=O)c3cnc(-c4ccccc4)n3c2cc1Cl)N1CCCCC1. The fraction of sp³-hybridized carbons (Fsp3) is 0.227. The first-order valence-electron chi connectivity index (χ1n) is 9.71. The number of fused-ring (bicyclic) bond motifs is 3. The number of benzene rings is 2. The molecule has 0 aliphatic carbocycles. The summed E-state index contributed by atoms with van der Waals surface area (Å²) in [6, 6.07) is 13.1. The van der Waals surface area contributed by atoms with Crippen molar-refractivity contribution in [3.05, 3.63) is 69.6 Å². The molecule has 2 aromatic carbocycles. The lowest BCUT2D eigenvalue weighted by Gasteiger charge is -2.27. The normalized spacial score (nSPS) is 14.6. The van der Waals surface area contributed by atoms with Crippen molar-refractivity contribution < 1.29 is 4.79 Å². The lowest BCUT2D eigenvalue weighted by molar-refractivity contribution is 0.0724. The average Bonchev–Trinajstić information content (AvgIpc) is 3.21. The van der Waals surface area contributed by atoms with Crippen molar-refractivity contribution in [2.45, 2.75) is 19.3 Å². The first kappa shape index (κ1) is 17.9. The number of H-pyrrole nitrogens is 1. The van der Waals surface area contributed by atoms with Crippen molar-refractivity contribution in [1.82, 2.24) is 19.3 Å². The van der Waals surface area contributed by atoms with E-state index in [1.54, 1.807) is 22.7 Å². The summed E-state index contributed by atoms with van der Waals surface area (Å²) in [5, 5.41) is 0.370. The number of halogens is 1. The van der Waals surface area contributed by atoms with E-state index >= 15 is 0 Å². The largest absolute Gasteiger partial charge is 0.339 e. The Morgan fingerprint density at radius 2 is 1.79 bits per heavy atom. The predicted octanol–water partition coefficient (Wildman–Crippen LogP) is 4.12. The average molecular weight is 407 g/mol. The van der Waals surface area contributed by atoms with Gasteiger partial charge in [0.1, 0.15) is 11.3 Å². The summed E-state index contributed by atoms with van der Waals surface area (Å²) in [7, 11) is 0. The maximum atomic E-state index is 13.0. The molecule has 1 N–H and O–H groups in total. The van der Waals surface area contributed by atoms with Gasteiger partial charge in [0.15, 0.2) is 0 Å². The van der Waals surface area contributed by atoms with Gasteiger partial charge in [-0.25, -0.2) is 4.98 Å². The van der Waals surface area contributed by atoms with Crippen LogP contribution >= 0.6 is 11.6 Å². The topological polar surface area (TPSA) is 70.5 Å². The minimum Gasteiger partial charge on any atom is -0.339 e. The van der Waals surface area contributed by atoms with Crippen LogP contribution in [0.3, 0.4) is 0 Å². The van der Waals surface area contributed by atoms with E-state index in [0.29, 0.717) is 33.0 Å². The van der Waals surface area contributed by atoms with E-state index < -0.39 is 0 Å². The van der Waals surface area contributed by atoms with Gasteiger partial charge in [-0.3, -0.25) is 14.0 Å². The Morgan fingerprint density at radius 3 is 2.55 bits per heavy atom. The summed E-state index contributed by atoms with van der Waals surface area (Å²) >= 11 is 6.55. The number of nitrogens with zero attached hydrogens (tertiary/aromatic N) is 3. The van der Waals surface area contributed by atoms with E-state index in [1.807, 2.05) is 35.2 Å². The molecule has 7 heteroatoms. The molecule has 5 rings (SSSR count). The van der Waals surface area contributed by atoms with Gasteiger partial charge in [0, 0.05) is 18.7 Å². The molecular weight excluding hydrogens is 388 g/mol. The maximum absolute atomic E-state index is 13.0. The monoisotopic (exact) mass is 406 g/mol. The number of amides is 1. The number of piperidine rings is 1. The number of aromatic nitrogens is 3. The lowest BCUT2D eigenvalue weighted by atomic mass is 10.1. The number of hydrogen-bond donors (Lipinski definition) is 1. The zero-order chi connectivity index (χ0) is 20.0. The first-order valence-corrected chi connectivity index (χ1v) is 10.1. The minimum absolute atomic E-state index is 0.0912. The summed E-state index contributed by atoms with van der Waals surface area (Å²) < 4.78 is 1.80. The highest BCUT2D eigenvalue weighted by atomic mass is 35.5. The van der Waals surface area contributed by atoms with E-state index in [9.17, 15) is 9.59 Å². The van der Waals surface area contributed by atoms with Crippen LogP contribution in [-0.4, -0.2) is 38.3 Å². The van der Waals surface area contributed by atoms with Gasteiger partial charge in [0.2, 0.25) is 0 Å². The third-order valence-electron chi connectivity index (χ3n) is 5.47. The first-order chi connectivity index (χ1) is 14.1. The van der Waals surface area contributed by atoms with Gasteiger partial charge in [-0.15, -0.1) is 0 Å². The van der Waals surface area contributed by atoms with Crippen LogP contribution in [0.15, 0.2) is 53.5 Å². The number of nitrogens with one attached hydrogen (secondary N) is 1. The van der Waals surface area contributed by atoms with Crippen molar-refractivity contribution in [2.75, 3.05) is 13.1 Å². The number of carbonyl (C=O) groups is 1. The third-order valence-corrected chi connectivity index (χ3v) is 5.79. The van der Waals surface area contributed by atoms with Crippen LogP contribution < -0.4 is 5.56 Å². The number of hydrogen-bond acceptors (Lipinski definition) is 3. The minimum atomic E-state index is -0.258. The van der Waals surface area contributed by atoms with Gasteiger partial charge in [-0.05, 0) is 31.4 Å². The molecule has 6 nitrogen and oxygen atoms in total. The van der Waals surface area contributed by atoms with Gasteiger partial charge < -0.3 is 9.88 Å². The summed E-state index contributed by atoms with van der Waals surface area (Å²) in [4.78, 5) is 34.8. The second kappa shape index (κ2) is 7.04. The molecule has 4 aromatic rings. The van der Waals surface area contributed by atoms with E-state index in [0.717, 1.165) is 37.9 Å².